The number of aliphatic hydroxyl groups excluding tert-OH is 1. The summed E-state index contributed by atoms with van der Waals surface area (Å²) in [7, 11) is 0. The van der Waals surface area contributed by atoms with Crippen molar-refractivity contribution >= 4 is 5.69 Å². The zero-order valence-electron chi connectivity index (χ0n) is 12.8. The Morgan fingerprint density at radius 1 is 1.25 bits per heavy atom. The quantitative estimate of drug-likeness (QED) is 0.885. The average molecular weight is 279 g/mol. The fraction of sp³-hybridized carbons (Fsp3) is 0.647. The van der Waals surface area contributed by atoms with E-state index in [2.05, 4.69) is 25.7 Å². The van der Waals surface area contributed by atoms with Gasteiger partial charge in [0.25, 0.3) is 0 Å². The van der Waals surface area contributed by atoms with Crippen molar-refractivity contribution in [2.24, 2.45) is 11.3 Å². The first kappa shape index (κ1) is 15.3. The fourth-order valence-corrected chi connectivity index (χ4v) is 3.19. The molecule has 1 heterocycles. The van der Waals surface area contributed by atoms with E-state index in [9.17, 15) is 9.50 Å². The second-order valence-electron chi connectivity index (χ2n) is 6.91. The van der Waals surface area contributed by atoms with E-state index in [1.807, 2.05) is 0 Å². The lowest BCUT2D eigenvalue weighted by Crippen LogP contribution is -2.27. The molecule has 1 unspecified atom stereocenters. The normalized spacial score (nSPS) is 20.9. The van der Waals surface area contributed by atoms with E-state index in [0.717, 1.165) is 37.5 Å². The number of rotatable bonds is 2. The Morgan fingerprint density at radius 2 is 2.00 bits per heavy atom. The Morgan fingerprint density at radius 3 is 2.65 bits per heavy atom. The molecule has 1 aliphatic heterocycles. The van der Waals surface area contributed by atoms with Crippen molar-refractivity contribution in [1.82, 2.24) is 0 Å². The SMILES string of the molecule is CC(C)(C)C1CCCN(c2ccc(F)cc2CO)CC1. The van der Waals surface area contributed by atoms with Crippen molar-refractivity contribution in [1.29, 1.82) is 0 Å². The molecule has 1 saturated heterocycles. The van der Waals surface area contributed by atoms with Gasteiger partial charge in [0, 0.05) is 24.3 Å². The molecule has 1 fully saturated rings. The molecule has 0 amide bonds. The zero-order chi connectivity index (χ0) is 14.8. The van der Waals surface area contributed by atoms with Gasteiger partial charge in [-0.1, -0.05) is 20.8 Å². The van der Waals surface area contributed by atoms with Crippen molar-refractivity contribution in [2.75, 3.05) is 18.0 Å². The van der Waals surface area contributed by atoms with Crippen molar-refractivity contribution in [3.63, 3.8) is 0 Å². The third-order valence-corrected chi connectivity index (χ3v) is 4.51. The van der Waals surface area contributed by atoms with Crippen LogP contribution in [0.2, 0.25) is 0 Å². The van der Waals surface area contributed by atoms with Crippen LogP contribution in [0.25, 0.3) is 0 Å². The minimum absolute atomic E-state index is 0.105. The van der Waals surface area contributed by atoms with Gasteiger partial charge in [-0.15, -0.1) is 0 Å². The minimum Gasteiger partial charge on any atom is -0.392 e. The van der Waals surface area contributed by atoms with Crippen LogP contribution >= 0.6 is 0 Å². The molecule has 1 N–H and O–H groups in total. The van der Waals surface area contributed by atoms with Crippen LogP contribution in [0.4, 0.5) is 10.1 Å². The van der Waals surface area contributed by atoms with Crippen LogP contribution < -0.4 is 4.90 Å². The molecule has 2 nitrogen and oxygen atoms in total. The Hall–Kier alpha value is -1.09. The monoisotopic (exact) mass is 279 g/mol. The van der Waals surface area contributed by atoms with E-state index >= 15 is 0 Å². The number of nitrogens with zero attached hydrogens (tertiary/aromatic N) is 1. The van der Waals surface area contributed by atoms with Crippen LogP contribution in [-0.2, 0) is 6.61 Å². The van der Waals surface area contributed by atoms with Crippen LogP contribution in [0.15, 0.2) is 18.2 Å². The van der Waals surface area contributed by atoms with Gasteiger partial charge >= 0.3 is 0 Å². The van der Waals surface area contributed by atoms with Crippen LogP contribution in [-0.4, -0.2) is 18.2 Å². The van der Waals surface area contributed by atoms with Gasteiger partial charge in [-0.05, 0) is 48.8 Å². The number of aliphatic hydroxyl groups is 1. The first-order valence-electron chi connectivity index (χ1n) is 7.56. The average Bonchev–Trinajstić information content (AvgIpc) is 2.63. The molecule has 112 valence electrons. The van der Waals surface area contributed by atoms with E-state index in [-0.39, 0.29) is 12.4 Å². The smallest absolute Gasteiger partial charge is 0.123 e. The van der Waals surface area contributed by atoms with E-state index in [0.29, 0.717) is 11.0 Å². The van der Waals surface area contributed by atoms with Crippen LogP contribution in [0.5, 0.6) is 0 Å². The fourth-order valence-electron chi connectivity index (χ4n) is 3.19. The highest BCUT2D eigenvalue weighted by atomic mass is 19.1. The number of hydrogen-bond acceptors (Lipinski definition) is 2. The summed E-state index contributed by atoms with van der Waals surface area (Å²) in [6.07, 6.45) is 3.56. The van der Waals surface area contributed by atoms with Crippen molar-refractivity contribution in [3.8, 4) is 0 Å². The molecule has 0 aliphatic carbocycles. The maximum absolute atomic E-state index is 13.3. The maximum atomic E-state index is 13.3. The molecular formula is C17H26FNO. The molecule has 0 aromatic heterocycles. The van der Waals surface area contributed by atoms with Gasteiger partial charge in [-0.2, -0.15) is 0 Å². The van der Waals surface area contributed by atoms with Gasteiger partial charge in [-0.3, -0.25) is 0 Å². The second-order valence-corrected chi connectivity index (χ2v) is 6.91. The zero-order valence-corrected chi connectivity index (χ0v) is 12.8. The lowest BCUT2D eigenvalue weighted by Gasteiger charge is -2.30. The molecule has 2 rings (SSSR count). The number of halogens is 1. The topological polar surface area (TPSA) is 23.5 Å². The van der Waals surface area contributed by atoms with Gasteiger partial charge < -0.3 is 10.0 Å². The molecule has 1 aromatic carbocycles. The standard InChI is InChI=1S/C17H26FNO/c1-17(2,3)14-5-4-9-19(10-8-14)16-7-6-15(18)11-13(16)12-20/h6-7,11,14,20H,4-5,8-10,12H2,1-3H3. The predicted octanol–water partition coefficient (Wildman–Crippen LogP) is 3.97. The van der Waals surface area contributed by atoms with Crippen molar-refractivity contribution in [2.45, 2.75) is 46.6 Å². The molecule has 0 saturated carbocycles. The Labute approximate surface area is 121 Å². The number of benzene rings is 1. The van der Waals surface area contributed by atoms with E-state index in [1.54, 1.807) is 6.07 Å². The van der Waals surface area contributed by atoms with Crippen molar-refractivity contribution in [3.05, 3.63) is 29.6 Å². The van der Waals surface area contributed by atoms with E-state index < -0.39 is 0 Å². The summed E-state index contributed by atoms with van der Waals surface area (Å²) in [6, 6.07) is 4.74. The highest BCUT2D eigenvalue weighted by molar-refractivity contribution is 5.53. The highest BCUT2D eigenvalue weighted by Crippen LogP contribution is 2.35. The van der Waals surface area contributed by atoms with Gasteiger partial charge in [0.05, 0.1) is 6.61 Å². The van der Waals surface area contributed by atoms with Crippen LogP contribution in [0.3, 0.4) is 0 Å². The third kappa shape index (κ3) is 3.51. The molecule has 3 heteroatoms. The molecule has 1 aliphatic rings. The predicted molar refractivity (Wildman–Crippen MR) is 81.3 cm³/mol. The Bertz CT molecular complexity index is 453. The lowest BCUT2D eigenvalue weighted by molar-refractivity contribution is 0.220. The van der Waals surface area contributed by atoms with Crippen LogP contribution in [0.1, 0.15) is 45.6 Å². The molecule has 0 spiro atoms. The summed E-state index contributed by atoms with van der Waals surface area (Å²) >= 11 is 0. The van der Waals surface area contributed by atoms with E-state index in [4.69, 9.17) is 0 Å². The molecule has 1 atom stereocenters. The largest absolute Gasteiger partial charge is 0.392 e. The molecule has 0 radical (unpaired) electrons. The molecule has 1 aromatic rings. The lowest BCUT2D eigenvalue weighted by atomic mass is 9.77. The summed E-state index contributed by atoms with van der Waals surface area (Å²) in [5.41, 5.74) is 2.03. The summed E-state index contributed by atoms with van der Waals surface area (Å²) in [6.45, 7) is 8.80. The second kappa shape index (κ2) is 6.13. The van der Waals surface area contributed by atoms with Crippen molar-refractivity contribution < 1.29 is 9.50 Å². The van der Waals surface area contributed by atoms with Gasteiger partial charge in [0.2, 0.25) is 0 Å². The Balaban J connectivity index is 2.15. The third-order valence-electron chi connectivity index (χ3n) is 4.51. The van der Waals surface area contributed by atoms with E-state index in [1.165, 1.54) is 18.6 Å². The van der Waals surface area contributed by atoms with Crippen LogP contribution in [0, 0.1) is 17.2 Å². The summed E-state index contributed by atoms with van der Waals surface area (Å²) in [5.74, 6) is 0.450. The van der Waals surface area contributed by atoms with Gasteiger partial charge in [-0.25, -0.2) is 4.39 Å². The molecule has 20 heavy (non-hydrogen) atoms. The minimum atomic E-state index is -0.278. The maximum Gasteiger partial charge on any atom is 0.123 e. The molecule has 0 bridgehead atoms. The Kier molecular flexibility index (Phi) is 4.69. The summed E-state index contributed by atoms with van der Waals surface area (Å²) in [5, 5.41) is 9.43. The highest BCUT2D eigenvalue weighted by Gasteiger charge is 2.27. The number of anilines is 1. The first-order valence-corrected chi connectivity index (χ1v) is 7.56. The molecular weight excluding hydrogens is 253 g/mol. The number of hydrogen-bond donors (Lipinski definition) is 1. The summed E-state index contributed by atoms with van der Waals surface area (Å²) in [4.78, 5) is 2.30. The van der Waals surface area contributed by atoms with Gasteiger partial charge in [0.15, 0.2) is 0 Å². The first-order chi connectivity index (χ1) is 9.41. The van der Waals surface area contributed by atoms with Gasteiger partial charge in [0.1, 0.15) is 5.82 Å². The summed E-state index contributed by atoms with van der Waals surface area (Å²) < 4.78 is 13.3.